The Morgan fingerprint density at radius 2 is 1.86 bits per heavy atom. The number of carboxylic acid groups (broad SMARTS) is 1. The largest absolute Gasteiger partial charge is 0.900 e. The van der Waals surface area contributed by atoms with Crippen molar-refractivity contribution in [2.75, 3.05) is 24.5 Å². The van der Waals surface area contributed by atoms with E-state index in [-0.39, 0.29) is 14.3 Å². The van der Waals surface area contributed by atoms with E-state index in [4.69, 9.17) is 18.8 Å². The van der Waals surface area contributed by atoms with Gasteiger partial charge in [0.1, 0.15) is 14.5 Å². The van der Waals surface area contributed by atoms with Gasteiger partial charge in [0.15, 0.2) is 0 Å². The molecule has 1 unspecified atom stereocenters. The van der Waals surface area contributed by atoms with Crippen molar-refractivity contribution in [2.45, 2.75) is 24.0 Å². The number of carbonyl (C=O) groups excluding carboxylic acids is 3. The number of anilines is 1. The fraction of sp³-hybridized carbons (Fsp3) is 0.250. The molecule has 3 aliphatic heterocycles. The predicted molar refractivity (Wildman–Crippen MR) is 142 cm³/mol. The van der Waals surface area contributed by atoms with Crippen molar-refractivity contribution < 1.29 is 24.6 Å². The molecule has 0 N–H and O–H groups in total. The van der Waals surface area contributed by atoms with E-state index in [1.54, 1.807) is 17.8 Å². The lowest BCUT2D eigenvalue weighted by Crippen LogP contribution is -2.40. The number of thioether (sulfide) groups is 3. The standard InChI is InChI=1S/C24H22N3O5S4/c1-4-25-15-7-5-6-8-16(15)34-18(25)10-13(2)9-17-21(31)26(12-19(29)30)23(35-17)20-22(32)27(11-14(3)28)24(33)36-20/h3,5-10,17,28H,4,11-12H2,1-2H3,(H,29,30)/q-1/p-2/b13-9+,18-10-,23-20-. The molecule has 0 aliphatic carbocycles. The molecule has 0 saturated carbocycles. The Morgan fingerprint density at radius 1 is 1.14 bits per heavy atom. The zero-order valence-corrected chi connectivity index (χ0v) is 22.5. The van der Waals surface area contributed by atoms with Crippen LogP contribution in [0.1, 0.15) is 13.8 Å². The third-order valence-corrected chi connectivity index (χ3v) is 9.27. The summed E-state index contributed by atoms with van der Waals surface area (Å²) in [6, 6.07) is 8.08. The molecule has 0 aromatic heterocycles. The van der Waals surface area contributed by atoms with E-state index in [2.05, 4.69) is 24.0 Å². The normalized spacial score (nSPS) is 23.3. The van der Waals surface area contributed by atoms with Crippen molar-refractivity contribution in [3.63, 3.8) is 0 Å². The SMILES string of the molecule is [CH-]=C([O-])CN1C(=O)/C(=C2/SC(/C=C(C)/C=C3\Sc4ccccc4N3CC)C(=O)N2CC(=O)[O-])SC1=S. The average Bonchev–Trinajstić information content (AvgIpc) is 3.40. The summed E-state index contributed by atoms with van der Waals surface area (Å²) >= 11 is 8.80. The van der Waals surface area contributed by atoms with E-state index in [1.165, 1.54) is 0 Å². The number of para-hydroxylation sites is 1. The smallest absolute Gasteiger partial charge is 0.269 e. The van der Waals surface area contributed by atoms with Crippen LogP contribution in [0.2, 0.25) is 0 Å². The van der Waals surface area contributed by atoms with E-state index < -0.39 is 41.9 Å². The Kier molecular flexibility index (Phi) is 7.88. The molecule has 0 spiro atoms. The van der Waals surface area contributed by atoms with E-state index >= 15 is 0 Å². The molecule has 3 heterocycles. The molecule has 2 saturated heterocycles. The Hall–Kier alpha value is -2.67. The van der Waals surface area contributed by atoms with Crippen LogP contribution in [-0.2, 0) is 14.4 Å². The van der Waals surface area contributed by atoms with Crippen LogP contribution in [0.5, 0.6) is 0 Å². The first-order valence-electron chi connectivity index (χ1n) is 10.8. The molecule has 2 amide bonds. The van der Waals surface area contributed by atoms with Crippen molar-refractivity contribution in [2.24, 2.45) is 0 Å². The van der Waals surface area contributed by atoms with Crippen molar-refractivity contribution in [1.29, 1.82) is 0 Å². The number of amides is 2. The number of benzene rings is 1. The first kappa shape index (κ1) is 26.4. The van der Waals surface area contributed by atoms with Crippen LogP contribution in [0, 0.1) is 6.58 Å². The first-order valence-corrected chi connectivity index (χ1v) is 13.7. The van der Waals surface area contributed by atoms with E-state index in [9.17, 15) is 24.6 Å². The van der Waals surface area contributed by atoms with Gasteiger partial charge in [-0.1, -0.05) is 71.3 Å². The minimum Gasteiger partial charge on any atom is -0.900 e. The number of fused-ring (bicyclic) bond motifs is 1. The van der Waals surface area contributed by atoms with Crippen LogP contribution in [0.4, 0.5) is 5.69 Å². The minimum absolute atomic E-state index is 0.0895. The van der Waals surface area contributed by atoms with Crippen molar-refractivity contribution >= 4 is 75.3 Å². The van der Waals surface area contributed by atoms with Gasteiger partial charge in [-0.15, -0.1) is 0 Å². The van der Waals surface area contributed by atoms with E-state index in [1.807, 2.05) is 25.1 Å². The number of nitrogens with zero attached hydrogens (tertiary/aromatic N) is 3. The molecule has 1 aromatic rings. The lowest BCUT2D eigenvalue weighted by Gasteiger charge is -2.24. The summed E-state index contributed by atoms with van der Waals surface area (Å²) in [5.41, 5.74) is 1.93. The fourth-order valence-corrected chi connectivity index (χ4v) is 7.79. The maximum absolute atomic E-state index is 13.2. The topological polar surface area (TPSA) is 107 Å². The summed E-state index contributed by atoms with van der Waals surface area (Å²) in [5, 5.41) is 23.2. The number of carbonyl (C=O) groups is 3. The predicted octanol–water partition coefficient (Wildman–Crippen LogP) is 1.81. The van der Waals surface area contributed by atoms with Gasteiger partial charge in [-0.3, -0.25) is 19.4 Å². The number of rotatable bonds is 7. The lowest BCUT2D eigenvalue weighted by molar-refractivity contribution is -0.306. The highest BCUT2D eigenvalue weighted by atomic mass is 32.2. The number of hydrogen-bond donors (Lipinski definition) is 0. The van der Waals surface area contributed by atoms with Crippen LogP contribution < -0.4 is 15.1 Å². The monoisotopic (exact) mass is 558 g/mol. The molecule has 36 heavy (non-hydrogen) atoms. The van der Waals surface area contributed by atoms with Crippen molar-refractivity contribution in [3.05, 3.63) is 69.3 Å². The van der Waals surface area contributed by atoms with Gasteiger partial charge >= 0.3 is 0 Å². The van der Waals surface area contributed by atoms with Gasteiger partial charge in [-0.05, 0) is 32.1 Å². The second-order valence-electron chi connectivity index (χ2n) is 7.90. The van der Waals surface area contributed by atoms with E-state index in [0.29, 0.717) is 0 Å². The summed E-state index contributed by atoms with van der Waals surface area (Å²) in [6.45, 7) is 8.81. The van der Waals surface area contributed by atoms with Gasteiger partial charge in [-0.2, -0.15) is 0 Å². The summed E-state index contributed by atoms with van der Waals surface area (Å²) in [4.78, 5) is 43.0. The van der Waals surface area contributed by atoms with Crippen LogP contribution in [0.25, 0.3) is 0 Å². The quantitative estimate of drug-likeness (QED) is 0.213. The van der Waals surface area contributed by atoms with Gasteiger partial charge in [0, 0.05) is 18.0 Å². The summed E-state index contributed by atoms with van der Waals surface area (Å²) < 4.78 is 0.111. The summed E-state index contributed by atoms with van der Waals surface area (Å²) in [5.74, 6) is -3.27. The van der Waals surface area contributed by atoms with Gasteiger partial charge in [-0.25, -0.2) is 0 Å². The molecule has 4 rings (SSSR count). The van der Waals surface area contributed by atoms with Crippen LogP contribution in [0.3, 0.4) is 0 Å². The van der Waals surface area contributed by atoms with Crippen LogP contribution in [0.15, 0.2) is 67.6 Å². The molecule has 8 nitrogen and oxygen atoms in total. The van der Waals surface area contributed by atoms with Crippen molar-refractivity contribution in [3.8, 4) is 0 Å². The highest BCUT2D eigenvalue weighted by Crippen LogP contribution is 2.47. The zero-order chi connectivity index (χ0) is 26.1. The minimum atomic E-state index is -1.46. The Bertz CT molecular complexity index is 1270. The maximum atomic E-state index is 13.2. The van der Waals surface area contributed by atoms with Gasteiger partial charge in [0.05, 0.1) is 28.3 Å². The van der Waals surface area contributed by atoms with E-state index in [0.717, 1.165) is 61.1 Å². The molecule has 1 aromatic carbocycles. The number of hydrogen-bond acceptors (Lipinski definition) is 10. The maximum Gasteiger partial charge on any atom is 0.269 e. The molecule has 0 bridgehead atoms. The average molecular weight is 559 g/mol. The Labute approximate surface area is 226 Å². The molecule has 1 atom stereocenters. The number of aliphatic carboxylic acids is 1. The highest BCUT2D eigenvalue weighted by Gasteiger charge is 2.43. The van der Waals surface area contributed by atoms with Crippen LogP contribution >= 0.6 is 47.5 Å². The number of thiocarbonyl (C=S) groups is 1. The molecule has 188 valence electrons. The van der Waals surface area contributed by atoms with Crippen LogP contribution in [-0.4, -0.2) is 56.8 Å². The summed E-state index contributed by atoms with van der Waals surface area (Å²) in [7, 11) is 0. The molecular weight excluding hydrogens is 539 g/mol. The Balaban J connectivity index is 1.63. The lowest BCUT2D eigenvalue weighted by atomic mass is 10.2. The second-order valence-corrected chi connectivity index (χ2v) is 11.7. The number of allylic oxidation sites excluding steroid dienone is 2. The molecular formula is C24H20N3O5S4-3. The first-order chi connectivity index (χ1) is 17.1. The Morgan fingerprint density at radius 3 is 2.53 bits per heavy atom. The van der Waals surface area contributed by atoms with Gasteiger partial charge in [0.25, 0.3) is 5.91 Å². The van der Waals surface area contributed by atoms with Gasteiger partial charge in [0.2, 0.25) is 5.91 Å². The molecule has 12 heteroatoms. The second kappa shape index (κ2) is 10.8. The molecule has 0 radical (unpaired) electrons. The third-order valence-electron chi connectivity index (χ3n) is 5.36. The van der Waals surface area contributed by atoms with Crippen molar-refractivity contribution in [1.82, 2.24) is 9.80 Å². The van der Waals surface area contributed by atoms with Gasteiger partial charge < -0.3 is 32.2 Å². The number of carboxylic acids is 1. The zero-order valence-electron chi connectivity index (χ0n) is 19.3. The molecule has 2 fully saturated rings. The third kappa shape index (κ3) is 5.22. The fourth-order valence-electron chi connectivity index (χ4n) is 3.84. The summed E-state index contributed by atoms with van der Waals surface area (Å²) in [6.07, 6.45) is 3.73. The molecule has 3 aliphatic rings. The highest BCUT2D eigenvalue weighted by molar-refractivity contribution is 8.27.